The topological polar surface area (TPSA) is 103 Å². The number of Topliss-reactive ketones (excluding diaryl/α,β-unsaturated/α-hetero) is 1. The van der Waals surface area contributed by atoms with Crippen LogP contribution >= 0.6 is 0 Å². The lowest BCUT2D eigenvalue weighted by atomic mass is 10.1. The number of aromatic nitrogens is 2. The predicted octanol–water partition coefficient (Wildman–Crippen LogP) is 4.11. The van der Waals surface area contributed by atoms with E-state index in [1.807, 2.05) is 13.8 Å². The Morgan fingerprint density at radius 1 is 1.03 bits per heavy atom. The summed E-state index contributed by atoms with van der Waals surface area (Å²) in [4.78, 5) is 36.1. The second-order valence-corrected chi connectivity index (χ2v) is 7.09. The Bertz CT molecular complexity index is 1060. The summed E-state index contributed by atoms with van der Waals surface area (Å²) in [5.74, 6) is -0.303. The van der Waals surface area contributed by atoms with Crippen LogP contribution in [0.1, 0.15) is 54.6 Å². The summed E-state index contributed by atoms with van der Waals surface area (Å²) in [6, 6.07) is 11.7. The third-order valence-electron chi connectivity index (χ3n) is 4.45. The number of rotatable bonds is 7. The van der Waals surface area contributed by atoms with Gasteiger partial charge >= 0.3 is 5.97 Å². The normalized spacial score (nSPS) is 11.9. The lowest BCUT2D eigenvalue weighted by molar-refractivity contribution is -0.123. The molecule has 0 saturated heterocycles. The van der Waals surface area contributed by atoms with E-state index >= 15 is 0 Å². The summed E-state index contributed by atoms with van der Waals surface area (Å²) < 4.78 is 12.4. The number of furan rings is 1. The van der Waals surface area contributed by atoms with Gasteiger partial charge in [0.1, 0.15) is 11.6 Å². The smallest absolute Gasteiger partial charge is 0.375 e. The van der Waals surface area contributed by atoms with Gasteiger partial charge in [0, 0.05) is 23.2 Å². The SMILES string of the molecule is CC(=O)c1ccc(-c2ccc(C(=O)O[C@@H](C)C(=O)Nc3ccnn3C(C)C)o2)cc1. The van der Waals surface area contributed by atoms with Crippen molar-refractivity contribution in [2.24, 2.45) is 0 Å². The first-order valence-corrected chi connectivity index (χ1v) is 9.53. The van der Waals surface area contributed by atoms with Gasteiger partial charge in [-0.15, -0.1) is 0 Å². The van der Waals surface area contributed by atoms with E-state index in [-0.39, 0.29) is 17.6 Å². The number of nitrogens with one attached hydrogen (secondary N) is 1. The van der Waals surface area contributed by atoms with Crippen LogP contribution in [0, 0.1) is 0 Å². The number of ketones is 1. The molecule has 2 heterocycles. The van der Waals surface area contributed by atoms with E-state index in [2.05, 4.69) is 10.4 Å². The van der Waals surface area contributed by atoms with Gasteiger partial charge in [-0.25, -0.2) is 9.48 Å². The molecule has 3 aromatic rings. The van der Waals surface area contributed by atoms with Crippen molar-refractivity contribution < 1.29 is 23.5 Å². The van der Waals surface area contributed by atoms with Crippen molar-refractivity contribution in [2.45, 2.75) is 39.8 Å². The van der Waals surface area contributed by atoms with Gasteiger partial charge in [0.15, 0.2) is 11.9 Å². The van der Waals surface area contributed by atoms with Gasteiger partial charge in [-0.2, -0.15) is 5.10 Å². The highest BCUT2D eigenvalue weighted by atomic mass is 16.6. The van der Waals surface area contributed by atoms with E-state index in [4.69, 9.17) is 9.15 Å². The minimum absolute atomic E-state index is 0.0208. The maximum atomic E-state index is 12.4. The molecule has 3 rings (SSSR count). The summed E-state index contributed by atoms with van der Waals surface area (Å²) in [5.41, 5.74) is 1.30. The average molecular weight is 409 g/mol. The van der Waals surface area contributed by atoms with Gasteiger partial charge in [0.2, 0.25) is 5.76 Å². The number of nitrogens with zero attached hydrogens (tertiary/aromatic N) is 2. The second-order valence-electron chi connectivity index (χ2n) is 7.09. The first-order chi connectivity index (χ1) is 14.3. The number of carbonyl (C=O) groups is 3. The monoisotopic (exact) mass is 409 g/mol. The van der Waals surface area contributed by atoms with E-state index in [0.29, 0.717) is 22.7 Å². The van der Waals surface area contributed by atoms with Crippen LogP contribution in [-0.4, -0.2) is 33.5 Å². The molecule has 0 spiro atoms. The number of benzene rings is 1. The second kappa shape index (κ2) is 8.77. The maximum absolute atomic E-state index is 12.4. The first kappa shape index (κ1) is 21.0. The zero-order chi connectivity index (χ0) is 21.8. The molecular weight excluding hydrogens is 386 g/mol. The van der Waals surface area contributed by atoms with Crippen LogP contribution in [0.2, 0.25) is 0 Å². The largest absolute Gasteiger partial charge is 0.449 e. The molecule has 0 aliphatic heterocycles. The van der Waals surface area contributed by atoms with Gasteiger partial charge < -0.3 is 14.5 Å². The number of carbonyl (C=O) groups excluding carboxylic acids is 3. The van der Waals surface area contributed by atoms with Gasteiger partial charge in [-0.05, 0) is 39.8 Å². The number of ether oxygens (including phenoxy) is 1. The molecule has 8 heteroatoms. The van der Waals surface area contributed by atoms with Crippen LogP contribution < -0.4 is 5.32 Å². The molecule has 30 heavy (non-hydrogen) atoms. The van der Waals surface area contributed by atoms with E-state index in [1.165, 1.54) is 19.9 Å². The zero-order valence-corrected chi connectivity index (χ0v) is 17.2. The summed E-state index contributed by atoms with van der Waals surface area (Å²) in [6.07, 6.45) is 0.552. The molecule has 8 nitrogen and oxygen atoms in total. The van der Waals surface area contributed by atoms with Crippen molar-refractivity contribution in [2.75, 3.05) is 5.32 Å². The average Bonchev–Trinajstić information content (AvgIpc) is 3.37. The Labute approximate surface area is 173 Å². The molecule has 0 bridgehead atoms. The number of esters is 1. The maximum Gasteiger partial charge on any atom is 0.375 e. The van der Waals surface area contributed by atoms with E-state index in [9.17, 15) is 14.4 Å². The van der Waals surface area contributed by atoms with Crippen LogP contribution in [-0.2, 0) is 9.53 Å². The Morgan fingerprint density at radius 2 is 1.73 bits per heavy atom. The van der Waals surface area contributed by atoms with E-state index < -0.39 is 18.0 Å². The third-order valence-corrected chi connectivity index (χ3v) is 4.45. The fourth-order valence-corrected chi connectivity index (χ4v) is 2.80. The quantitative estimate of drug-likeness (QED) is 0.465. The molecule has 1 aromatic carbocycles. The van der Waals surface area contributed by atoms with Crippen molar-refractivity contribution in [3.63, 3.8) is 0 Å². The summed E-state index contributed by atoms with van der Waals surface area (Å²) in [5, 5.41) is 6.84. The molecule has 0 saturated carbocycles. The number of hydrogen-bond donors (Lipinski definition) is 1. The molecule has 0 aliphatic carbocycles. The van der Waals surface area contributed by atoms with Crippen molar-refractivity contribution in [3.05, 3.63) is 60.0 Å². The Morgan fingerprint density at radius 3 is 2.37 bits per heavy atom. The van der Waals surface area contributed by atoms with E-state index in [1.54, 1.807) is 47.3 Å². The fraction of sp³-hybridized carbons (Fsp3) is 0.273. The van der Waals surface area contributed by atoms with Crippen LogP contribution in [0.3, 0.4) is 0 Å². The Balaban J connectivity index is 1.63. The van der Waals surface area contributed by atoms with Gasteiger partial charge in [-0.1, -0.05) is 24.3 Å². The molecule has 1 N–H and O–H groups in total. The standard InChI is InChI=1S/C22H23N3O5/c1-13(2)25-20(11-12-23-25)24-21(27)15(4)29-22(28)19-10-9-18(30-19)17-7-5-16(6-8-17)14(3)26/h5-13,15H,1-4H3,(H,24,27)/t15-/m0/s1. The molecule has 0 radical (unpaired) electrons. The van der Waals surface area contributed by atoms with Crippen LogP contribution in [0.15, 0.2) is 53.1 Å². The number of anilines is 1. The predicted molar refractivity (Wildman–Crippen MR) is 110 cm³/mol. The van der Waals surface area contributed by atoms with Gasteiger partial charge in [0.25, 0.3) is 5.91 Å². The van der Waals surface area contributed by atoms with Crippen molar-refractivity contribution in [1.82, 2.24) is 9.78 Å². The summed E-state index contributed by atoms with van der Waals surface area (Å²) >= 11 is 0. The van der Waals surface area contributed by atoms with Crippen molar-refractivity contribution >= 4 is 23.5 Å². The van der Waals surface area contributed by atoms with Crippen LogP contribution in [0.4, 0.5) is 5.82 Å². The molecule has 1 atom stereocenters. The molecular formula is C22H23N3O5. The highest BCUT2D eigenvalue weighted by Gasteiger charge is 2.22. The lowest BCUT2D eigenvalue weighted by Gasteiger charge is -2.15. The molecule has 156 valence electrons. The van der Waals surface area contributed by atoms with E-state index in [0.717, 1.165) is 0 Å². The molecule has 0 aliphatic rings. The molecule has 0 fully saturated rings. The fourth-order valence-electron chi connectivity index (χ4n) is 2.80. The van der Waals surface area contributed by atoms with Crippen molar-refractivity contribution in [1.29, 1.82) is 0 Å². The molecule has 1 amide bonds. The zero-order valence-electron chi connectivity index (χ0n) is 17.2. The van der Waals surface area contributed by atoms with Gasteiger partial charge in [0.05, 0.1) is 6.20 Å². The summed E-state index contributed by atoms with van der Waals surface area (Å²) in [7, 11) is 0. The molecule has 0 unspecified atom stereocenters. The summed E-state index contributed by atoms with van der Waals surface area (Å²) in [6.45, 7) is 6.85. The minimum atomic E-state index is -1.03. The van der Waals surface area contributed by atoms with Gasteiger partial charge in [-0.3, -0.25) is 9.59 Å². The first-order valence-electron chi connectivity index (χ1n) is 9.53. The highest BCUT2D eigenvalue weighted by molar-refractivity contribution is 5.96. The van der Waals surface area contributed by atoms with Crippen molar-refractivity contribution in [3.8, 4) is 11.3 Å². The number of amides is 1. The minimum Gasteiger partial charge on any atom is -0.449 e. The number of hydrogen-bond acceptors (Lipinski definition) is 6. The Kier molecular flexibility index (Phi) is 6.15. The van der Waals surface area contributed by atoms with Crippen LogP contribution in [0.5, 0.6) is 0 Å². The lowest BCUT2D eigenvalue weighted by Crippen LogP contribution is -2.31. The highest BCUT2D eigenvalue weighted by Crippen LogP contribution is 2.23. The Hall–Kier alpha value is -3.68. The van der Waals surface area contributed by atoms with Crippen LogP contribution in [0.25, 0.3) is 11.3 Å². The third kappa shape index (κ3) is 4.65. The molecule has 2 aromatic heterocycles.